The summed E-state index contributed by atoms with van der Waals surface area (Å²) in [6.45, 7) is 6.42. The number of nitrogens with two attached hydrogens (primary N) is 1. The van der Waals surface area contributed by atoms with Crippen LogP contribution >= 0.6 is 0 Å². The van der Waals surface area contributed by atoms with Crippen molar-refractivity contribution in [2.24, 2.45) is 5.73 Å². The molecule has 0 unspecified atom stereocenters. The predicted octanol–water partition coefficient (Wildman–Crippen LogP) is 2.27. The minimum absolute atomic E-state index is 0.545. The molecule has 0 fully saturated rings. The van der Waals surface area contributed by atoms with Crippen molar-refractivity contribution in [3.05, 3.63) is 53.5 Å². The highest BCUT2D eigenvalue weighted by molar-refractivity contribution is 5.43. The normalized spacial score (nSPS) is 10.5. The fourth-order valence-electron chi connectivity index (χ4n) is 2.06. The average Bonchev–Trinajstić information content (AvgIpc) is 2.45. The van der Waals surface area contributed by atoms with Gasteiger partial charge in [-0.05, 0) is 49.2 Å². The molecule has 2 N–H and O–H groups in total. The van der Waals surface area contributed by atoms with Gasteiger partial charge in [-0.25, -0.2) is 4.98 Å². The highest BCUT2D eigenvalue weighted by Gasteiger charge is 2.08. The molecule has 0 radical (unpaired) electrons. The zero-order valence-electron chi connectivity index (χ0n) is 11.5. The molecule has 19 heavy (non-hydrogen) atoms. The van der Waals surface area contributed by atoms with Gasteiger partial charge in [0, 0.05) is 37.7 Å². The molecule has 0 aliphatic heterocycles. The van der Waals surface area contributed by atoms with E-state index in [-0.39, 0.29) is 0 Å². The van der Waals surface area contributed by atoms with E-state index in [1.807, 2.05) is 37.5 Å². The molecule has 2 aromatic rings. The van der Waals surface area contributed by atoms with Crippen LogP contribution in [0.25, 0.3) is 0 Å². The third-order valence-electron chi connectivity index (χ3n) is 3.06. The van der Waals surface area contributed by atoms with Gasteiger partial charge in [0.1, 0.15) is 5.82 Å². The van der Waals surface area contributed by atoms with Crippen LogP contribution in [0.2, 0.25) is 0 Å². The first-order chi connectivity index (χ1) is 9.22. The standard InChI is InChI=1S/C15H20N4/c1-3-19(11-13-4-6-17-7-5-13)15-9-14(10-16)8-12(2)18-15/h4-9H,3,10-11,16H2,1-2H3. The number of rotatable bonds is 5. The zero-order valence-corrected chi connectivity index (χ0v) is 11.5. The van der Waals surface area contributed by atoms with E-state index in [9.17, 15) is 0 Å². The summed E-state index contributed by atoms with van der Waals surface area (Å²) < 4.78 is 0. The molecule has 2 heterocycles. The van der Waals surface area contributed by atoms with Crippen LogP contribution in [0.3, 0.4) is 0 Å². The smallest absolute Gasteiger partial charge is 0.129 e. The summed E-state index contributed by atoms with van der Waals surface area (Å²) in [5, 5.41) is 0. The van der Waals surface area contributed by atoms with Gasteiger partial charge in [-0.3, -0.25) is 4.98 Å². The Morgan fingerprint density at radius 1 is 1.16 bits per heavy atom. The molecule has 0 aromatic carbocycles. The molecule has 2 aromatic heterocycles. The van der Waals surface area contributed by atoms with E-state index in [2.05, 4.69) is 27.9 Å². The first-order valence-electron chi connectivity index (χ1n) is 6.54. The fraction of sp³-hybridized carbons (Fsp3) is 0.333. The lowest BCUT2D eigenvalue weighted by Crippen LogP contribution is -2.23. The largest absolute Gasteiger partial charge is 0.353 e. The predicted molar refractivity (Wildman–Crippen MR) is 77.8 cm³/mol. The second kappa shape index (κ2) is 6.29. The van der Waals surface area contributed by atoms with Gasteiger partial charge in [-0.2, -0.15) is 0 Å². The van der Waals surface area contributed by atoms with Crippen LogP contribution in [-0.4, -0.2) is 16.5 Å². The first kappa shape index (κ1) is 13.5. The van der Waals surface area contributed by atoms with Gasteiger partial charge in [0.15, 0.2) is 0 Å². The summed E-state index contributed by atoms with van der Waals surface area (Å²) >= 11 is 0. The fourth-order valence-corrected chi connectivity index (χ4v) is 2.06. The average molecular weight is 256 g/mol. The van der Waals surface area contributed by atoms with Gasteiger partial charge < -0.3 is 10.6 Å². The van der Waals surface area contributed by atoms with Gasteiger partial charge >= 0.3 is 0 Å². The number of hydrogen-bond donors (Lipinski definition) is 1. The molecule has 4 heteroatoms. The summed E-state index contributed by atoms with van der Waals surface area (Å²) in [5.74, 6) is 0.986. The van der Waals surface area contributed by atoms with Crippen molar-refractivity contribution in [2.75, 3.05) is 11.4 Å². The Balaban J connectivity index is 2.24. The van der Waals surface area contributed by atoms with Gasteiger partial charge in [-0.15, -0.1) is 0 Å². The number of pyridine rings is 2. The molecule has 100 valence electrons. The van der Waals surface area contributed by atoms with Crippen LogP contribution in [0.1, 0.15) is 23.7 Å². The molecule has 0 amide bonds. The summed E-state index contributed by atoms with van der Waals surface area (Å²) in [7, 11) is 0. The Labute approximate surface area is 114 Å². The van der Waals surface area contributed by atoms with E-state index in [0.717, 1.165) is 30.2 Å². The van der Waals surface area contributed by atoms with Crippen LogP contribution in [0.5, 0.6) is 0 Å². The SMILES string of the molecule is CCN(Cc1ccncc1)c1cc(CN)cc(C)n1. The van der Waals surface area contributed by atoms with Gasteiger partial charge in [-0.1, -0.05) is 0 Å². The molecule has 0 atom stereocenters. The third-order valence-corrected chi connectivity index (χ3v) is 3.06. The second-order valence-electron chi connectivity index (χ2n) is 4.55. The van der Waals surface area contributed by atoms with Crippen molar-refractivity contribution < 1.29 is 0 Å². The van der Waals surface area contributed by atoms with Crippen LogP contribution in [0.4, 0.5) is 5.82 Å². The molecule has 2 rings (SSSR count). The maximum Gasteiger partial charge on any atom is 0.129 e. The lowest BCUT2D eigenvalue weighted by Gasteiger charge is -2.23. The number of aryl methyl sites for hydroxylation is 1. The molecule has 4 nitrogen and oxygen atoms in total. The Morgan fingerprint density at radius 2 is 1.89 bits per heavy atom. The third kappa shape index (κ3) is 3.51. The van der Waals surface area contributed by atoms with Crippen LogP contribution in [0.15, 0.2) is 36.7 Å². The van der Waals surface area contributed by atoms with E-state index < -0.39 is 0 Å². The number of anilines is 1. The van der Waals surface area contributed by atoms with E-state index >= 15 is 0 Å². The lowest BCUT2D eigenvalue weighted by atomic mass is 10.2. The monoisotopic (exact) mass is 256 g/mol. The Bertz CT molecular complexity index is 525. The molecule has 0 bridgehead atoms. The van der Waals surface area contributed by atoms with E-state index in [1.165, 1.54) is 5.56 Å². The minimum Gasteiger partial charge on any atom is -0.353 e. The molecule has 0 aliphatic carbocycles. The second-order valence-corrected chi connectivity index (χ2v) is 4.55. The topological polar surface area (TPSA) is 55.0 Å². The van der Waals surface area contributed by atoms with Crippen molar-refractivity contribution in [3.63, 3.8) is 0 Å². The van der Waals surface area contributed by atoms with Crippen molar-refractivity contribution >= 4 is 5.82 Å². The van der Waals surface area contributed by atoms with E-state index in [0.29, 0.717) is 6.54 Å². The Morgan fingerprint density at radius 3 is 2.53 bits per heavy atom. The van der Waals surface area contributed by atoms with Crippen molar-refractivity contribution in [2.45, 2.75) is 26.9 Å². The maximum atomic E-state index is 5.73. The zero-order chi connectivity index (χ0) is 13.7. The maximum absolute atomic E-state index is 5.73. The van der Waals surface area contributed by atoms with Gasteiger partial charge in [0.25, 0.3) is 0 Å². The van der Waals surface area contributed by atoms with Gasteiger partial charge in [0.2, 0.25) is 0 Å². The molecule has 0 aliphatic rings. The first-order valence-corrected chi connectivity index (χ1v) is 6.54. The van der Waals surface area contributed by atoms with Crippen LogP contribution in [-0.2, 0) is 13.1 Å². The highest BCUT2D eigenvalue weighted by atomic mass is 15.2. The lowest BCUT2D eigenvalue weighted by molar-refractivity contribution is 0.806. The van der Waals surface area contributed by atoms with Crippen molar-refractivity contribution in [1.29, 1.82) is 0 Å². The summed E-state index contributed by atoms with van der Waals surface area (Å²) in [5.41, 5.74) is 9.08. The summed E-state index contributed by atoms with van der Waals surface area (Å²) in [6.07, 6.45) is 3.64. The minimum atomic E-state index is 0.545. The quantitative estimate of drug-likeness (QED) is 0.891. The number of nitrogens with zero attached hydrogens (tertiary/aromatic N) is 3. The summed E-state index contributed by atoms with van der Waals surface area (Å²) in [6, 6.07) is 8.16. The molecule has 0 saturated heterocycles. The number of aromatic nitrogens is 2. The Kier molecular flexibility index (Phi) is 4.47. The van der Waals surface area contributed by atoms with E-state index in [1.54, 1.807) is 0 Å². The molecular weight excluding hydrogens is 236 g/mol. The van der Waals surface area contributed by atoms with E-state index in [4.69, 9.17) is 5.73 Å². The summed E-state index contributed by atoms with van der Waals surface area (Å²) in [4.78, 5) is 10.9. The Hall–Kier alpha value is -1.94. The molecule has 0 spiro atoms. The molecular formula is C15H20N4. The van der Waals surface area contributed by atoms with Crippen LogP contribution < -0.4 is 10.6 Å². The molecule has 0 saturated carbocycles. The van der Waals surface area contributed by atoms with Crippen molar-refractivity contribution in [1.82, 2.24) is 9.97 Å². The highest BCUT2D eigenvalue weighted by Crippen LogP contribution is 2.17. The van der Waals surface area contributed by atoms with Gasteiger partial charge in [0.05, 0.1) is 0 Å². The number of hydrogen-bond acceptors (Lipinski definition) is 4. The van der Waals surface area contributed by atoms with Crippen molar-refractivity contribution in [3.8, 4) is 0 Å². The van der Waals surface area contributed by atoms with Crippen LogP contribution in [0, 0.1) is 6.92 Å².